The van der Waals surface area contributed by atoms with Crippen molar-refractivity contribution >= 4 is 49.6 Å². The first-order chi connectivity index (χ1) is 12.5. The predicted molar refractivity (Wildman–Crippen MR) is 106 cm³/mol. The van der Waals surface area contributed by atoms with Crippen molar-refractivity contribution in [1.82, 2.24) is 28.8 Å². The van der Waals surface area contributed by atoms with Gasteiger partial charge in [0.1, 0.15) is 0 Å². The number of hydrogen-bond acceptors (Lipinski definition) is 5. The van der Waals surface area contributed by atoms with Gasteiger partial charge < -0.3 is 10.1 Å². The van der Waals surface area contributed by atoms with Crippen LogP contribution in [0.25, 0.3) is 16.8 Å². The molecule has 0 bridgehead atoms. The zero-order chi connectivity index (χ0) is 18.3. The number of imidazole rings is 1. The molecule has 0 unspecified atom stereocenters. The van der Waals surface area contributed by atoms with E-state index in [1.165, 1.54) is 0 Å². The molecule has 1 aliphatic carbocycles. The number of halogens is 1. The van der Waals surface area contributed by atoms with E-state index < -0.39 is 10.2 Å². The van der Waals surface area contributed by atoms with Crippen LogP contribution in [0, 0.1) is 0 Å². The number of aromatic amines is 1. The molecular weight excluding hydrogens is 471 g/mol. The minimum absolute atomic E-state index is 0.00484. The van der Waals surface area contributed by atoms with Crippen LogP contribution in [0.5, 0.6) is 0 Å². The molecule has 4 N–H and O–H groups in total. The van der Waals surface area contributed by atoms with E-state index in [1.54, 1.807) is 6.20 Å². The van der Waals surface area contributed by atoms with Gasteiger partial charge in [0.25, 0.3) is 10.2 Å². The molecule has 0 radical (unpaired) electrons. The standard InChI is InChI=1S/C15H19IN6O3S/c16-11-6-9(21-26(24,25)20-3-4-23)5-10(11)13-7-18-14-8-19-15-12(22(13)14)1-2-17-15/h1-2,7-11,17,20-21,23H,3-6H2/t9-,10+,11-/m1/s1. The molecule has 3 aromatic heterocycles. The van der Waals surface area contributed by atoms with Crippen LogP contribution in [0.15, 0.2) is 24.7 Å². The van der Waals surface area contributed by atoms with Gasteiger partial charge in [0.05, 0.1) is 18.3 Å². The van der Waals surface area contributed by atoms with Crippen molar-refractivity contribution in [3.05, 3.63) is 30.4 Å². The molecule has 1 aliphatic rings. The SMILES string of the molecule is O=S(=O)(NCCO)N[C@H]1C[C@@H](I)[C@@H](c2cnc3cnc4[nH]ccc4n23)C1. The first-order valence-electron chi connectivity index (χ1n) is 8.30. The fourth-order valence-corrected chi connectivity index (χ4v) is 5.93. The molecular formula is C15H19IN6O3S. The molecule has 0 aliphatic heterocycles. The second kappa shape index (κ2) is 7.03. The van der Waals surface area contributed by atoms with Crippen LogP contribution < -0.4 is 9.44 Å². The van der Waals surface area contributed by atoms with E-state index in [0.717, 1.165) is 28.9 Å². The Morgan fingerprint density at radius 1 is 1.35 bits per heavy atom. The molecule has 140 valence electrons. The van der Waals surface area contributed by atoms with E-state index in [0.29, 0.717) is 6.42 Å². The van der Waals surface area contributed by atoms with Crippen LogP contribution >= 0.6 is 22.6 Å². The Hall–Kier alpha value is -1.28. The highest BCUT2D eigenvalue weighted by Crippen LogP contribution is 2.40. The lowest BCUT2D eigenvalue weighted by Gasteiger charge is -2.15. The summed E-state index contributed by atoms with van der Waals surface area (Å²) in [4.78, 5) is 11.9. The Morgan fingerprint density at radius 2 is 2.19 bits per heavy atom. The maximum absolute atomic E-state index is 12.0. The highest BCUT2D eigenvalue weighted by molar-refractivity contribution is 14.1. The number of alkyl halides is 1. The largest absolute Gasteiger partial charge is 0.395 e. The lowest BCUT2D eigenvalue weighted by molar-refractivity contribution is 0.300. The zero-order valence-electron chi connectivity index (χ0n) is 13.8. The van der Waals surface area contributed by atoms with Crippen LogP contribution in [0.1, 0.15) is 24.5 Å². The topological polar surface area (TPSA) is 124 Å². The van der Waals surface area contributed by atoms with Crippen molar-refractivity contribution in [3.63, 3.8) is 0 Å². The molecule has 9 nitrogen and oxygen atoms in total. The lowest BCUT2D eigenvalue weighted by atomic mass is 10.0. The van der Waals surface area contributed by atoms with E-state index in [2.05, 4.69) is 51.4 Å². The first kappa shape index (κ1) is 18.1. The van der Waals surface area contributed by atoms with Crippen molar-refractivity contribution in [2.45, 2.75) is 28.7 Å². The molecule has 1 saturated carbocycles. The highest BCUT2D eigenvalue weighted by atomic mass is 127. The number of aromatic nitrogens is 4. The summed E-state index contributed by atoms with van der Waals surface area (Å²) in [5.41, 5.74) is 3.61. The molecule has 3 atom stereocenters. The number of H-pyrrole nitrogens is 1. The molecule has 26 heavy (non-hydrogen) atoms. The van der Waals surface area contributed by atoms with Gasteiger partial charge in [-0.05, 0) is 18.9 Å². The van der Waals surface area contributed by atoms with Crippen LogP contribution in [0.2, 0.25) is 0 Å². The van der Waals surface area contributed by atoms with Gasteiger partial charge >= 0.3 is 0 Å². The third-order valence-electron chi connectivity index (χ3n) is 4.66. The predicted octanol–water partition coefficient (Wildman–Crippen LogP) is 0.676. The summed E-state index contributed by atoms with van der Waals surface area (Å²) in [6, 6.07) is 1.81. The molecule has 0 aromatic carbocycles. The minimum atomic E-state index is -3.61. The third kappa shape index (κ3) is 3.33. The summed E-state index contributed by atoms with van der Waals surface area (Å²) < 4.78 is 31.5. The maximum Gasteiger partial charge on any atom is 0.277 e. The van der Waals surface area contributed by atoms with Crippen LogP contribution in [0.4, 0.5) is 0 Å². The second-order valence-electron chi connectivity index (χ2n) is 6.38. The third-order valence-corrected chi connectivity index (χ3v) is 7.27. The highest BCUT2D eigenvalue weighted by Gasteiger charge is 2.37. The number of nitrogens with one attached hydrogen (secondary N) is 3. The molecule has 0 saturated heterocycles. The Morgan fingerprint density at radius 3 is 3.00 bits per heavy atom. The van der Waals surface area contributed by atoms with E-state index >= 15 is 0 Å². The molecule has 1 fully saturated rings. The number of aliphatic hydroxyl groups excluding tert-OH is 1. The van der Waals surface area contributed by atoms with Gasteiger partial charge in [-0.25, -0.2) is 9.97 Å². The molecule has 0 amide bonds. The van der Waals surface area contributed by atoms with Crippen molar-refractivity contribution in [3.8, 4) is 0 Å². The van der Waals surface area contributed by atoms with Crippen molar-refractivity contribution < 1.29 is 13.5 Å². The van der Waals surface area contributed by atoms with E-state index in [9.17, 15) is 8.42 Å². The summed E-state index contributed by atoms with van der Waals surface area (Å²) in [6.07, 6.45) is 6.87. The Balaban J connectivity index is 1.61. The fourth-order valence-electron chi connectivity index (χ4n) is 3.58. The number of aliphatic hydroxyl groups is 1. The van der Waals surface area contributed by atoms with E-state index in [1.807, 2.05) is 18.5 Å². The van der Waals surface area contributed by atoms with Crippen molar-refractivity contribution in [1.29, 1.82) is 0 Å². The number of fused-ring (bicyclic) bond motifs is 3. The molecule has 4 rings (SSSR count). The lowest BCUT2D eigenvalue weighted by Crippen LogP contribution is -2.42. The van der Waals surface area contributed by atoms with Gasteiger partial charge in [-0.2, -0.15) is 17.9 Å². The van der Waals surface area contributed by atoms with Gasteiger partial charge in [-0.15, -0.1) is 0 Å². The summed E-state index contributed by atoms with van der Waals surface area (Å²) in [6.45, 7) is -0.226. The van der Waals surface area contributed by atoms with Gasteiger partial charge in [-0.3, -0.25) is 4.40 Å². The van der Waals surface area contributed by atoms with Crippen molar-refractivity contribution in [2.75, 3.05) is 13.2 Å². The number of hydrogen-bond donors (Lipinski definition) is 4. The average molecular weight is 490 g/mol. The van der Waals surface area contributed by atoms with Gasteiger partial charge in [-0.1, -0.05) is 22.6 Å². The minimum Gasteiger partial charge on any atom is -0.395 e. The fraction of sp³-hybridized carbons (Fsp3) is 0.467. The normalized spacial score (nSPS) is 24.0. The summed E-state index contributed by atoms with van der Waals surface area (Å²) >= 11 is 2.39. The summed E-state index contributed by atoms with van der Waals surface area (Å²) in [5.74, 6) is 0.177. The molecule has 0 spiro atoms. The Kier molecular flexibility index (Phi) is 4.90. The van der Waals surface area contributed by atoms with Crippen LogP contribution in [-0.4, -0.2) is 56.0 Å². The molecule has 3 aromatic rings. The van der Waals surface area contributed by atoms with Gasteiger partial charge in [0, 0.05) is 40.5 Å². The Bertz CT molecular complexity index is 1030. The van der Waals surface area contributed by atoms with Crippen molar-refractivity contribution in [2.24, 2.45) is 0 Å². The maximum atomic E-state index is 12.0. The quantitative estimate of drug-likeness (QED) is 0.299. The van der Waals surface area contributed by atoms with Crippen LogP contribution in [0.3, 0.4) is 0 Å². The monoisotopic (exact) mass is 490 g/mol. The van der Waals surface area contributed by atoms with Crippen LogP contribution in [-0.2, 0) is 10.2 Å². The number of nitrogens with zero attached hydrogens (tertiary/aromatic N) is 3. The van der Waals surface area contributed by atoms with E-state index in [-0.39, 0.29) is 29.0 Å². The Labute approximate surface area is 163 Å². The molecule has 3 heterocycles. The summed E-state index contributed by atoms with van der Waals surface area (Å²) in [7, 11) is -3.61. The van der Waals surface area contributed by atoms with Gasteiger partial charge in [0.15, 0.2) is 11.3 Å². The average Bonchev–Trinajstić information content (AvgIpc) is 3.29. The second-order valence-corrected chi connectivity index (χ2v) is 9.51. The van der Waals surface area contributed by atoms with E-state index in [4.69, 9.17) is 5.11 Å². The number of rotatable bonds is 6. The molecule has 11 heteroatoms. The first-order valence-corrected chi connectivity index (χ1v) is 11.0. The zero-order valence-corrected chi connectivity index (χ0v) is 16.7. The van der Waals surface area contributed by atoms with Gasteiger partial charge in [0.2, 0.25) is 0 Å². The smallest absolute Gasteiger partial charge is 0.277 e. The summed E-state index contributed by atoms with van der Waals surface area (Å²) in [5, 5.41) is 8.80.